The maximum atomic E-state index is 12.1. The summed E-state index contributed by atoms with van der Waals surface area (Å²) in [5.74, 6) is 0.205. The molecule has 0 unspecified atom stereocenters. The molecule has 1 aliphatic rings. The van der Waals surface area contributed by atoms with Crippen LogP contribution in [0.25, 0.3) is 0 Å². The molecule has 1 aromatic heterocycles. The zero-order chi connectivity index (χ0) is 14.6. The zero-order valence-electron chi connectivity index (χ0n) is 11.7. The van der Waals surface area contributed by atoms with Crippen molar-refractivity contribution in [1.29, 1.82) is 0 Å². The van der Waals surface area contributed by atoms with Gasteiger partial charge in [-0.25, -0.2) is 18.1 Å². The molecule has 0 amide bonds. The molecular formula is C13H22N4O2S. The van der Waals surface area contributed by atoms with Crippen LogP contribution in [0.3, 0.4) is 0 Å². The van der Waals surface area contributed by atoms with Crippen LogP contribution < -0.4 is 10.5 Å². The van der Waals surface area contributed by atoms with E-state index in [-0.39, 0.29) is 10.7 Å². The van der Waals surface area contributed by atoms with Crippen molar-refractivity contribution in [3.63, 3.8) is 0 Å². The number of nitrogens with zero attached hydrogens (tertiary/aromatic N) is 2. The SMILES string of the molecule is CN(CCNS(=O)(=O)c1ccnc(N)c1)C1CCCC1. The van der Waals surface area contributed by atoms with Gasteiger partial charge in [0, 0.05) is 31.4 Å². The first-order valence-electron chi connectivity index (χ1n) is 6.90. The number of nitrogens with one attached hydrogen (secondary N) is 1. The highest BCUT2D eigenvalue weighted by atomic mass is 32.2. The molecule has 6 nitrogen and oxygen atoms in total. The van der Waals surface area contributed by atoms with Gasteiger partial charge in [0.15, 0.2) is 0 Å². The van der Waals surface area contributed by atoms with Crippen molar-refractivity contribution < 1.29 is 8.42 Å². The van der Waals surface area contributed by atoms with E-state index >= 15 is 0 Å². The van der Waals surface area contributed by atoms with Gasteiger partial charge in [-0.05, 0) is 26.0 Å². The average Bonchev–Trinajstić information content (AvgIpc) is 2.92. The number of likely N-dealkylation sites (N-methyl/N-ethyl adjacent to an activating group) is 1. The van der Waals surface area contributed by atoms with Gasteiger partial charge in [-0.2, -0.15) is 0 Å². The summed E-state index contributed by atoms with van der Waals surface area (Å²) in [4.78, 5) is 6.18. The second-order valence-electron chi connectivity index (χ2n) is 5.23. The van der Waals surface area contributed by atoms with Crippen molar-refractivity contribution in [2.24, 2.45) is 0 Å². The quantitative estimate of drug-likeness (QED) is 0.811. The van der Waals surface area contributed by atoms with Crippen LogP contribution in [0.15, 0.2) is 23.2 Å². The van der Waals surface area contributed by atoms with Crippen LogP contribution in [-0.2, 0) is 10.0 Å². The van der Waals surface area contributed by atoms with Crippen LogP contribution in [0.1, 0.15) is 25.7 Å². The number of pyridine rings is 1. The van der Waals surface area contributed by atoms with Crippen LogP contribution in [0.4, 0.5) is 5.82 Å². The number of rotatable bonds is 6. The summed E-state index contributed by atoms with van der Waals surface area (Å²) in [5.41, 5.74) is 5.50. The van der Waals surface area contributed by atoms with Crippen molar-refractivity contribution in [2.75, 3.05) is 25.9 Å². The fourth-order valence-corrected chi connectivity index (χ4v) is 3.60. The van der Waals surface area contributed by atoms with E-state index in [0.29, 0.717) is 19.1 Å². The molecule has 1 fully saturated rings. The standard InChI is InChI=1S/C13H22N4O2S/c1-17(11-4-2-3-5-11)9-8-16-20(18,19)12-6-7-15-13(14)10-12/h6-7,10-11,16H,2-5,8-9H2,1H3,(H2,14,15). The highest BCUT2D eigenvalue weighted by molar-refractivity contribution is 7.89. The monoisotopic (exact) mass is 298 g/mol. The molecule has 7 heteroatoms. The lowest BCUT2D eigenvalue weighted by Gasteiger charge is -2.23. The maximum absolute atomic E-state index is 12.1. The lowest BCUT2D eigenvalue weighted by atomic mass is 10.2. The number of hydrogen-bond acceptors (Lipinski definition) is 5. The molecule has 0 aliphatic heterocycles. The third kappa shape index (κ3) is 3.91. The molecule has 0 saturated heterocycles. The van der Waals surface area contributed by atoms with E-state index in [0.717, 1.165) is 0 Å². The second kappa shape index (κ2) is 6.51. The summed E-state index contributed by atoms with van der Waals surface area (Å²) in [5, 5.41) is 0. The number of nitrogen functional groups attached to an aromatic ring is 1. The van der Waals surface area contributed by atoms with Gasteiger partial charge >= 0.3 is 0 Å². The Kier molecular flexibility index (Phi) is 4.95. The molecule has 0 radical (unpaired) electrons. The second-order valence-corrected chi connectivity index (χ2v) is 7.00. The summed E-state index contributed by atoms with van der Waals surface area (Å²) < 4.78 is 26.8. The molecule has 112 valence electrons. The topological polar surface area (TPSA) is 88.3 Å². The fourth-order valence-electron chi connectivity index (χ4n) is 2.56. The summed E-state index contributed by atoms with van der Waals surface area (Å²) in [6.07, 6.45) is 6.37. The molecule has 1 aromatic rings. The Morgan fingerprint density at radius 3 is 2.80 bits per heavy atom. The van der Waals surface area contributed by atoms with E-state index in [1.807, 2.05) is 0 Å². The van der Waals surface area contributed by atoms with Gasteiger partial charge in [-0.1, -0.05) is 12.8 Å². The van der Waals surface area contributed by atoms with Crippen LogP contribution in [-0.4, -0.2) is 44.5 Å². The Labute approximate surface area is 120 Å². The first-order valence-corrected chi connectivity index (χ1v) is 8.39. The predicted molar refractivity (Wildman–Crippen MR) is 78.7 cm³/mol. The maximum Gasteiger partial charge on any atom is 0.240 e. The Morgan fingerprint density at radius 2 is 2.15 bits per heavy atom. The Balaban J connectivity index is 1.86. The van der Waals surface area contributed by atoms with Crippen molar-refractivity contribution >= 4 is 15.8 Å². The summed E-state index contributed by atoms with van der Waals surface area (Å²) >= 11 is 0. The van der Waals surface area contributed by atoms with Gasteiger partial charge in [0.1, 0.15) is 5.82 Å². The van der Waals surface area contributed by atoms with E-state index in [1.165, 1.54) is 44.0 Å². The Morgan fingerprint density at radius 1 is 1.45 bits per heavy atom. The van der Waals surface area contributed by atoms with Crippen LogP contribution in [0, 0.1) is 0 Å². The van der Waals surface area contributed by atoms with E-state index in [9.17, 15) is 8.42 Å². The summed E-state index contributed by atoms with van der Waals surface area (Å²) in [6.45, 7) is 1.11. The minimum absolute atomic E-state index is 0.161. The van der Waals surface area contributed by atoms with Crippen molar-refractivity contribution in [3.8, 4) is 0 Å². The molecule has 20 heavy (non-hydrogen) atoms. The lowest BCUT2D eigenvalue weighted by molar-refractivity contribution is 0.250. The molecule has 0 bridgehead atoms. The summed E-state index contributed by atoms with van der Waals surface area (Å²) in [6, 6.07) is 3.40. The number of hydrogen-bond donors (Lipinski definition) is 2. The molecule has 1 aliphatic carbocycles. The molecule has 2 rings (SSSR count). The first-order chi connectivity index (χ1) is 9.49. The van der Waals surface area contributed by atoms with E-state index in [4.69, 9.17) is 5.73 Å². The van der Waals surface area contributed by atoms with Gasteiger partial charge in [0.25, 0.3) is 0 Å². The van der Waals surface area contributed by atoms with Crippen LogP contribution in [0.5, 0.6) is 0 Å². The smallest absolute Gasteiger partial charge is 0.240 e. The Bertz CT molecular complexity index is 541. The molecule has 1 heterocycles. The van der Waals surface area contributed by atoms with E-state index in [2.05, 4.69) is 21.7 Å². The number of sulfonamides is 1. The third-order valence-electron chi connectivity index (χ3n) is 3.77. The highest BCUT2D eigenvalue weighted by Gasteiger charge is 2.20. The predicted octanol–water partition coefficient (Wildman–Crippen LogP) is 0.817. The molecule has 0 aromatic carbocycles. The number of aromatic nitrogens is 1. The third-order valence-corrected chi connectivity index (χ3v) is 5.23. The van der Waals surface area contributed by atoms with Crippen LogP contribution >= 0.6 is 0 Å². The molecule has 1 saturated carbocycles. The number of nitrogens with two attached hydrogens (primary N) is 1. The van der Waals surface area contributed by atoms with E-state index < -0.39 is 10.0 Å². The minimum Gasteiger partial charge on any atom is -0.384 e. The average molecular weight is 298 g/mol. The van der Waals surface area contributed by atoms with E-state index in [1.54, 1.807) is 0 Å². The largest absolute Gasteiger partial charge is 0.384 e. The normalized spacial score (nSPS) is 16.9. The first kappa shape index (κ1) is 15.2. The fraction of sp³-hybridized carbons (Fsp3) is 0.615. The van der Waals surface area contributed by atoms with Gasteiger partial charge in [0.2, 0.25) is 10.0 Å². The lowest BCUT2D eigenvalue weighted by Crippen LogP contribution is -2.37. The Hall–Kier alpha value is -1.18. The summed E-state index contributed by atoms with van der Waals surface area (Å²) in [7, 11) is -1.45. The molecule has 3 N–H and O–H groups in total. The minimum atomic E-state index is -3.50. The van der Waals surface area contributed by atoms with Crippen molar-refractivity contribution in [3.05, 3.63) is 18.3 Å². The van der Waals surface area contributed by atoms with Crippen molar-refractivity contribution in [2.45, 2.75) is 36.6 Å². The molecular weight excluding hydrogens is 276 g/mol. The van der Waals surface area contributed by atoms with Gasteiger partial charge < -0.3 is 10.6 Å². The van der Waals surface area contributed by atoms with Gasteiger partial charge in [0.05, 0.1) is 4.90 Å². The molecule has 0 spiro atoms. The zero-order valence-corrected chi connectivity index (χ0v) is 12.6. The number of anilines is 1. The molecule has 0 atom stereocenters. The van der Waals surface area contributed by atoms with Gasteiger partial charge in [-0.15, -0.1) is 0 Å². The van der Waals surface area contributed by atoms with Gasteiger partial charge in [-0.3, -0.25) is 0 Å². The van der Waals surface area contributed by atoms with Crippen LogP contribution in [0.2, 0.25) is 0 Å². The highest BCUT2D eigenvalue weighted by Crippen LogP contribution is 2.21. The van der Waals surface area contributed by atoms with Crippen molar-refractivity contribution in [1.82, 2.24) is 14.6 Å².